The summed E-state index contributed by atoms with van der Waals surface area (Å²) in [6.45, 7) is 2.00. The number of benzene rings is 2. The molecule has 0 bridgehead atoms. The van der Waals surface area contributed by atoms with E-state index in [1.54, 1.807) is 0 Å². The SMILES string of the molecule is Cc1ccccc1CSc1nc2c(c(=O)[nH]1)[C@H](c1cc(F)cc(F)c1)CC(=O)N2. The molecule has 0 spiro atoms. The predicted octanol–water partition coefficient (Wildman–Crippen LogP) is 4.12. The minimum atomic E-state index is -0.768. The standard InChI is InChI=1S/C21H17F2N3O2S/c1-11-4-2-3-5-12(11)10-29-21-25-19-18(20(28)26-21)16(9-17(27)24-19)13-6-14(22)8-15(23)7-13/h2-8,16H,9-10H2,1H3,(H2,24,25,26,27,28)/t16-/m0/s1. The Hall–Kier alpha value is -3.00. The zero-order chi connectivity index (χ0) is 20.5. The number of hydrogen-bond donors (Lipinski definition) is 2. The van der Waals surface area contributed by atoms with Crippen molar-refractivity contribution in [3.05, 3.63) is 86.7 Å². The first-order valence-electron chi connectivity index (χ1n) is 8.98. The van der Waals surface area contributed by atoms with Crippen LogP contribution in [0.5, 0.6) is 0 Å². The molecule has 0 unspecified atom stereocenters. The molecule has 8 heteroatoms. The molecule has 2 N–H and O–H groups in total. The van der Waals surface area contributed by atoms with E-state index < -0.39 is 23.1 Å². The molecule has 0 saturated carbocycles. The monoisotopic (exact) mass is 413 g/mol. The van der Waals surface area contributed by atoms with Crippen molar-refractivity contribution in [2.45, 2.75) is 30.2 Å². The van der Waals surface area contributed by atoms with Gasteiger partial charge in [0, 0.05) is 24.2 Å². The molecule has 0 fully saturated rings. The van der Waals surface area contributed by atoms with Crippen LogP contribution in [0.15, 0.2) is 52.4 Å². The molecule has 0 aliphatic carbocycles. The number of fused-ring (bicyclic) bond motifs is 1. The third-order valence-electron chi connectivity index (χ3n) is 4.84. The maximum atomic E-state index is 13.7. The lowest BCUT2D eigenvalue weighted by Crippen LogP contribution is -2.31. The van der Waals surface area contributed by atoms with Crippen molar-refractivity contribution in [3.8, 4) is 0 Å². The van der Waals surface area contributed by atoms with E-state index >= 15 is 0 Å². The van der Waals surface area contributed by atoms with E-state index in [2.05, 4.69) is 15.3 Å². The van der Waals surface area contributed by atoms with Crippen LogP contribution in [0, 0.1) is 18.6 Å². The van der Waals surface area contributed by atoms with Crippen molar-refractivity contribution in [1.29, 1.82) is 0 Å². The summed E-state index contributed by atoms with van der Waals surface area (Å²) in [5.41, 5.74) is 2.23. The van der Waals surface area contributed by atoms with Crippen LogP contribution in [0.2, 0.25) is 0 Å². The van der Waals surface area contributed by atoms with Crippen LogP contribution in [0.3, 0.4) is 0 Å². The van der Waals surface area contributed by atoms with Gasteiger partial charge in [-0.05, 0) is 35.7 Å². The summed E-state index contributed by atoms with van der Waals surface area (Å²) in [5, 5.41) is 2.97. The molecular formula is C21H17F2N3O2S. The second-order valence-electron chi connectivity index (χ2n) is 6.86. The van der Waals surface area contributed by atoms with Gasteiger partial charge in [-0.1, -0.05) is 36.0 Å². The topological polar surface area (TPSA) is 74.8 Å². The van der Waals surface area contributed by atoms with Crippen LogP contribution in [0.25, 0.3) is 0 Å². The summed E-state index contributed by atoms with van der Waals surface area (Å²) < 4.78 is 27.3. The quantitative estimate of drug-likeness (QED) is 0.498. The molecule has 2 aromatic carbocycles. The van der Waals surface area contributed by atoms with Crippen molar-refractivity contribution >= 4 is 23.5 Å². The van der Waals surface area contributed by atoms with E-state index in [1.165, 1.54) is 11.8 Å². The normalized spacial score (nSPS) is 15.7. The number of carbonyl (C=O) groups is 1. The number of nitrogens with zero attached hydrogens (tertiary/aromatic N) is 1. The van der Waals surface area contributed by atoms with Gasteiger partial charge in [-0.25, -0.2) is 13.8 Å². The number of aryl methyl sites for hydroxylation is 1. The smallest absolute Gasteiger partial charge is 0.257 e. The maximum Gasteiger partial charge on any atom is 0.257 e. The Balaban J connectivity index is 1.69. The van der Waals surface area contributed by atoms with Crippen LogP contribution in [0.4, 0.5) is 14.6 Å². The van der Waals surface area contributed by atoms with Gasteiger partial charge in [0.05, 0.1) is 5.56 Å². The van der Waals surface area contributed by atoms with E-state index in [1.807, 2.05) is 31.2 Å². The summed E-state index contributed by atoms with van der Waals surface area (Å²) in [6, 6.07) is 10.9. The van der Waals surface area contributed by atoms with E-state index in [9.17, 15) is 18.4 Å². The first-order valence-corrected chi connectivity index (χ1v) is 9.96. The first-order chi connectivity index (χ1) is 13.9. The highest BCUT2D eigenvalue weighted by atomic mass is 32.2. The fraction of sp³-hybridized carbons (Fsp3) is 0.190. The van der Waals surface area contributed by atoms with Gasteiger partial charge < -0.3 is 10.3 Å². The molecule has 4 rings (SSSR count). The van der Waals surface area contributed by atoms with Crippen molar-refractivity contribution in [2.24, 2.45) is 0 Å². The van der Waals surface area contributed by atoms with Gasteiger partial charge >= 0.3 is 0 Å². The lowest BCUT2D eigenvalue weighted by molar-refractivity contribution is -0.116. The largest absolute Gasteiger partial charge is 0.310 e. The highest BCUT2D eigenvalue weighted by Gasteiger charge is 2.31. The number of H-pyrrole nitrogens is 1. The molecule has 0 radical (unpaired) electrons. The van der Waals surface area contributed by atoms with Crippen LogP contribution in [-0.2, 0) is 10.5 Å². The van der Waals surface area contributed by atoms with Gasteiger partial charge in [0.2, 0.25) is 5.91 Å². The molecule has 0 saturated heterocycles. The number of anilines is 1. The van der Waals surface area contributed by atoms with Crippen LogP contribution < -0.4 is 10.9 Å². The van der Waals surface area contributed by atoms with E-state index in [-0.39, 0.29) is 29.3 Å². The number of aromatic nitrogens is 2. The van der Waals surface area contributed by atoms with Crippen molar-refractivity contribution in [1.82, 2.24) is 9.97 Å². The highest BCUT2D eigenvalue weighted by Crippen LogP contribution is 2.35. The van der Waals surface area contributed by atoms with Gasteiger partial charge in [-0.3, -0.25) is 9.59 Å². The van der Waals surface area contributed by atoms with E-state index in [0.717, 1.165) is 29.3 Å². The number of hydrogen-bond acceptors (Lipinski definition) is 4. The second kappa shape index (κ2) is 7.79. The summed E-state index contributed by atoms with van der Waals surface area (Å²) >= 11 is 1.34. The number of carbonyl (C=O) groups excluding carboxylic acids is 1. The predicted molar refractivity (Wildman–Crippen MR) is 107 cm³/mol. The third-order valence-corrected chi connectivity index (χ3v) is 5.76. The minimum Gasteiger partial charge on any atom is -0.310 e. The Morgan fingerprint density at radius 1 is 1.14 bits per heavy atom. The average Bonchev–Trinajstić information content (AvgIpc) is 2.65. The van der Waals surface area contributed by atoms with Gasteiger partial charge in [-0.2, -0.15) is 0 Å². The summed E-state index contributed by atoms with van der Waals surface area (Å²) in [5.74, 6) is -1.92. The number of nitrogens with one attached hydrogen (secondary N) is 2. The number of amides is 1. The summed E-state index contributed by atoms with van der Waals surface area (Å²) in [6.07, 6.45) is -0.0870. The Morgan fingerprint density at radius 3 is 2.59 bits per heavy atom. The van der Waals surface area contributed by atoms with E-state index in [4.69, 9.17) is 0 Å². The molecule has 148 valence electrons. The molecule has 1 amide bonds. The first kappa shape index (κ1) is 19.3. The molecule has 1 aliphatic heterocycles. The van der Waals surface area contributed by atoms with Crippen molar-refractivity contribution < 1.29 is 13.6 Å². The minimum absolute atomic E-state index is 0.0870. The molecule has 29 heavy (non-hydrogen) atoms. The third kappa shape index (κ3) is 4.07. The van der Waals surface area contributed by atoms with Gasteiger partial charge in [0.25, 0.3) is 5.56 Å². The number of rotatable bonds is 4. The fourth-order valence-corrected chi connectivity index (χ4v) is 4.34. The Kier molecular flexibility index (Phi) is 5.19. The molecule has 1 aromatic heterocycles. The van der Waals surface area contributed by atoms with E-state index in [0.29, 0.717) is 10.9 Å². The maximum absolute atomic E-state index is 13.7. The number of halogens is 2. The summed E-state index contributed by atoms with van der Waals surface area (Å²) in [4.78, 5) is 32.0. The van der Waals surface area contributed by atoms with Crippen molar-refractivity contribution in [2.75, 3.05) is 5.32 Å². The highest BCUT2D eigenvalue weighted by molar-refractivity contribution is 7.98. The Morgan fingerprint density at radius 2 is 1.86 bits per heavy atom. The zero-order valence-electron chi connectivity index (χ0n) is 15.5. The van der Waals surface area contributed by atoms with Crippen LogP contribution in [0.1, 0.15) is 34.6 Å². The van der Waals surface area contributed by atoms with Gasteiger partial charge in [0.1, 0.15) is 17.5 Å². The number of thioether (sulfide) groups is 1. The van der Waals surface area contributed by atoms with Crippen LogP contribution >= 0.6 is 11.8 Å². The van der Waals surface area contributed by atoms with Gasteiger partial charge in [-0.15, -0.1) is 0 Å². The summed E-state index contributed by atoms with van der Waals surface area (Å²) in [7, 11) is 0. The Bertz CT molecular complexity index is 1140. The second-order valence-corrected chi connectivity index (χ2v) is 7.82. The Labute approximate surface area is 169 Å². The average molecular weight is 413 g/mol. The molecular weight excluding hydrogens is 396 g/mol. The molecule has 1 atom stereocenters. The lowest BCUT2D eigenvalue weighted by atomic mass is 9.87. The van der Waals surface area contributed by atoms with Gasteiger partial charge in [0.15, 0.2) is 5.16 Å². The molecule has 5 nitrogen and oxygen atoms in total. The molecule has 1 aliphatic rings. The van der Waals surface area contributed by atoms with Crippen LogP contribution in [-0.4, -0.2) is 15.9 Å². The van der Waals surface area contributed by atoms with Crippen molar-refractivity contribution in [3.63, 3.8) is 0 Å². The fourth-order valence-electron chi connectivity index (χ4n) is 3.40. The molecule has 2 heterocycles. The zero-order valence-corrected chi connectivity index (χ0v) is 16.3. The molecule has 3 aromatic rings. The number of aromatic amines is 1. The lowest BCUT2D eigenvalue weighted by Gasteiger charge is -2.24.